The number of furan rings is 2. The number of aromatic nitrogens is 6. The Hall–Kier alpha value is -14.1. The van der Waals surface area contributed by atoms with E-state index in [-0.39, 0.29) is 0 Å². The Morgan fingerprint density at radius 3 is 0.692 bits per heavy atom. The SMILES string of the molecule is c1ccc(-c2ccc(-c3ccc(-c4ccc5oc6cccc(-c7nc(-c8ccccc8)nc(-c8cccc(-c9ccccc9)c8)n7)c6c5c4)cc3)cc2)cc1.c1ccc(-c2ccc(-c3ccc(-c4ccc5oc6cccc(-c7nc(-c8ccccc8)nc(-c8ccccc8)n7)c6c5c4)cc3)cc2)cc1. The number of fused-ring (bicyclic) bond motifs is 6. The van der Waals surface area contributed by atoms with Gasteiger partial charge in [-0.25, -0.2) is 29.9 Å². The second kappa shape index (κ2) is 27.6. The van der Waals surface area contributed by atoms with Crippen molar-refractivity contribution < 1.29 is 8.83 Å². The van der Waals surface area contributed by atoms with Crippen molar-refractivity contribution in [2.45, 2.75) is 0 Å². The van der Waals surface area contributed by atoms with Crippen LogP contribution in [-0.4, -0.2) is 29.9 Å². The zero-order valence-electron chi connectivity index (χ0n) is 56.3. The quantitative estimate of drug-likeness (QED) is 0.112. The summed E-state index contributed by atoms with van der Waals surface area (Å²) in [6.45, 7) is 0. The topological polar surface area (TPSA) is 104 Å². The second-order valence-corrected chi connectivity index (χ2v) is 25.7. The van der Waals surface area contributed by atoms with E-state index in [0.717, 1.165) is 111 Å². The zero-order chi connectivity index (χ0) is 69.1. The van der Waals surface area contributed by atoms with E-state index in [1.165, 1.54) is 44.5 Å². The van der Waals surface area contributed by atoms with Crippen LogP contribution in [0, 0.1) is 0 Å². The van der Waals surface area contributed by atoms with Crippen molar-refractivity contribution in [3.05, 3.63) is 376 Å². The highest BCUT2D eigenvalue weighted by molar-refractivity contribution is 6.14. The van der Waals surface area contributed by atoms with Gasteiger partial charge < -0.3 is 8.83 Å². The highest BCUT2D eigenvalue weighted by Crippen LogP contribution is 2.42. The molecule has 0 aliphatic carbocycles. The summed E-state index contributed by atoms with van der Waals surface area (Å²) in [5.74, 6) is 3.69. The smallest absolute Gasteiger partial charge is 0.164 e. The Labute approximate surface area is 601 Å². The van der Waals surface area contributed by atoms with Gasteiger partial charge in [-0.2, -0.15) is 0 Å². The molecule has 0 aliphatic heterocycles. The van der Waals surface area contributed by atoms with Gasteiger partial charge in [0.2, 0.25) is 0 Å². The molecule has 0 unspecified atom stereocenters. The first-order valence-electron chi connectivity index (χ1n) is 34.8. The van der Waals surface area contributed by atoms with Crippen molar-refractivity contribution in [2.75, 3.05) is 0 Å². The van der Waals surface area contributed by atoms with Gasteiger partial charge in [0.25, 0.3) is 0 Å². The first kappa shape index (κ1) is 62.2. The minimum absolute atomic E-state index is 0.593. The van der Waals surface area contributed by atoms with E-state index in [9.17, 15) is 0 Å². The standard InChI is InChI=1S/C51H33N3O.C45H29N3O/c1-4-12-34(13-5-1)36-22-24-37(25-23-36)38-26-28-39(29-27-38)42-30-31-46-45(33-42)48-44(20-11-21-47(48)55-46)51-53-49(40-16-8-3-9-17-40)52-50(54-51)43-19-10-18-41(32-43)35-14-6-2-7-15-35;1-4-11-30(12-5-1)31-19-21-32(22-20-31)33-23-25-34(26-24-33)37-27-28-40-39(29-37)42-38(17-10-18-41(42)49-40)45-47-43(35-13-6-2-7-14-35)46-44(48-45)36-15-8-3-9-16-36/h1-33H;1-29H. The summed E-state index contributed by atoms with van der Waals surface area (Å²) in [6.07, 6.45) is 0. The number of hydrogen-bond acceptors (Lipinski definition) is 8. The molecule has 104 heavy (non-hydrogen) atoms. The predicted molar refractivity (Wildman–Crippen MR) is 425 cm³/mol. The summed E-state index contributed by atoms with van der Waals surface area (Å²) < 4.78 is 12.8. The Morgan fingerprint density at radius 1 is 0.144 bits per heavy atom. The fourth-order valence-corrected chi connectivity index (χ4v) is 13.8. The van der Waals surface area contributed by atoms with Gasteiger partial charge in [0.15, 0.2) is 34.9 Å². The lowest BCUT2D eigenvalue weighted by atomic mass is 9.97. The van der Waals surface area contributed by atoms with Crippen molar-refractivity contribution in [3.63, 3.8) is 0 Å². The Balaban J connectivity index is 0.000000149. The molecule has 0 radical (unpaired) electrons. The third-order valence-electron chi connectivity index (χ3n) is 19.2. The largest absolute Gasteiger partial charge is 0.456 e. The van der Waals surface area contributed by atoms with Crippen molar-refractivity contribution >= 4 is 43.9 Å². The summed E-state index contributed by atoms with van der Waals surface area (Å²) in [5, 5.41) is 3.99. The lowest BCUT2D eigenvalue weighted by Crippen LogP contribution is -2.00. The molecule has 0 N–H and O–H groups in total. The number of rotatable bonds is 13. The van der Waals surface area contributed by atoms with E-state index in [2.05, 4.69) is 243 Å². The lowest BCUT2D eigenvalue weighted by Gasteiger charge is -2.10. The fraction of sp³-hybridized carbons (Fsp3) is 0. The van der Waals surface area contributed by atoms with E-state index in [4.69, 9.17) is 38.7 Å². The lowest BCUT2D eigenvalue weighted by molar-refractivity contribution is 0.668. The molecule has 15 aromatic carbocycles. The molecule has 488 valence electrons. The molecular weight excluding hydrogens is 1270 g/mol. The summed E-state index contributed by atoms with van der Waals surface area (Å²) in [5.41, 5.74) is 25.0. The first-order chi connectivity index (χ1) is 51.5. The minimum atomic E-state index is 0.593. The molecule has 4 aromatic heterocycles. The molecule has 0 aliphatic rings. The van der Waals surface area contributed by atoms with Gasteiger partial charge >= 0.3 is 0 Å². The van der Waals surface area contributed by atoms with Crippen LogP contribution in [0.5, 0.6) is 0 Å². The Morgan fingerprint density at radius 2 is 0.365 bits per heavy atom. The second-order valence-electron chi connectivity index (χ2n) is 25.7. The van der Waals surface area contributed by atoms with Gasteiger partial charge in [-0.1, -0.05) is 334 Å². The Bertz CT molecular complexity index is 6210. The van der Waals surface area contributed by atoms with E-state index in [1.54, 1.807) is 0 Å². The molecule has 0 fully saturated rings. The van der Waals surface area contributed by atoms with Crippen molar-refractivity contribution in [1.29, 1.82) is 0 Å². The fourth-order valence-electron chi connectivity index (χ4n) is 13.8. The van der Waals surface area contributed by atoms with Gasteiger partial charge in [0.1, 0.15) is 22.3 Å². The van der Waals surface area contributed by atoms with Crippen LogP contribution in [-0.2, 0) is 0 Å². The van der Waals surface area contributed by atoms with E-state index >= 15 is 0 Å². The highest BCUT2D eigenvalue weighted by atomic mass is 16.3. The maximum Gasteiger partial charge on any atom is 0.164 e. The van der Waals surface area contributed by atoms with Gasteiger partial charge in [0, 0.05) is 54.9 Å². The third-order valence-corrected chi connectivity index (χ3v) is 19.2. The molecule has 8 nitrogen and oxygen atoms in total. The highest BCUT2D eigenvalue weighted by Gasteiger charge is 2.22. The minimum Gasteiger partial charge on any atom is -0.456 e. The Kier molecular flexibility index (Phi) is 16.5. The monoisotopic (exact) mass is 1330 g/mol. The van der Waals surface area contributed by atoms with Crippen LogP contribution in [0.25, 0.3) is 190 Å². The van der Waals surface area contributed by atoms with Crippen LogP contribution in [0.2, 0.25) is 0 Å². The maximum absolute atomic E-state index is 6.45. The summed E-state index contributed by atoms with van der Waals surface area (Å²) in [7, 11) is 0. The van der Waals surface area contributed by atoms with Gasteiger partial charge in [-0.15, -0.1) is 0 Å². The molecule has 0 spiro atoms. The maximum atomic E-state index is 6.45. The number of hydrogen-bond donors (Lipinski definition) is 0. The molecule has 19 rings (SSSR count). The summed E-state index contributed by atoms with van der Waals surface area (Å²) in [6, 6.07) is 130. The van der Waals surface area contributed by atoms with E-state index < -0.39 is 0 Å². The molecular formula is C96H62N6O2. The van der Waals surface area contributed by atoms with Crippen LogP contribution in [0.4, 0.5) is 0 Å². The van der Waals surface area contributed by atoms with Crippen molar-refractivity contribution in [1.82, 2.24) is 29.9 Å². The first-order valence-corrected chi connectivity index (χ1v) is 34.8. The molecule has 0 bridgehead atoms. The van der Waals surface area contributed by atoms with Gasteiger partial charge in [0.05, 0.1) is 0 Å². The molecule has 0 atom stereocenters. The van der Waals surface area contributed by atoms with Gasteiger partial charge in [-0.3, -0.25) is 0 Å². The van der Waals surface area contributed by atoms with Crippen molar-refractivity contribution in [2.24, 2.45) is 0 Å². The normalized spacial score (nSPS) is 11.3. The van der Waals surface area contributed by atoms with Crippen LogP contribution < -0.4 is 0 Å². The van der Waals surface area contributed by atoms with Gasteiger partial charge in [-0.05, 0) is 120 Å². The number of nitrogens with zero attached hydrogens (tertiary/aromatic N) is 6. The summed E-state index contributed by atoms with van der Waals surface area (Å²) in [4.78, 5) is 30.2. The van der Waals surface area contributed by atoms with Crippen LogP contribution in [0.3, 0.4) is 0 Å². The molecule has 0 amide bonds. The molecule has 8 heteroatoms. The molecule has 0 saturated carbocycles. The predicted octanol–water partition coefficient (Wildman–Crippen LogP) is 25.2. The number of benzene rings is 15. The molecule has 0 saturated heterocycles. The van der Waals surface area contributed by atoms with Crippen molar-refractivity contribution in [3.8, 4) is 146 Å². The molecule has 19 aromatic rings. The van der Waals surface area contributed by atoms with Crippen LogP contribution in [0.15, 0.2) is 385 Å². The van der Waals surface area contributed by atoms with E-state index in [0.29, 0.717) is 34.9 Å². The molecule has 4 heterocycles. The average molecular weight is 1330 g/mol. The average Bonchev–Trinajstić information content (AvgIpc) is 1.56. The van der Waals surface area contributed by atoms with Crippen LogP contribution in [0.1, 0.15) is 0 Å². The van der Waals surface area contributed by atoms with E-state index in [1.807, 2.05) is 133 Å². The van der Waals surface area contributed by atoms with Crippen LogP contribution >= 0.6 is 0 Å². The third kappa shape index (κ3) is 12.6. The summed E-state index contributed by atoms with van der Waals surface area (Å²) >= 11 is 0. The zero-order valence-corrected chi connectivity index (χ0v) is 56.3.